The number of halogens is 1. The van der Waals surface area contributed by atoms with Gasteiger partial charge >= 0.3 is 0 Å². The van der Waals surface area contributed by atoms with Crippen LogP contribution in [-0.4, -0.2) is 17.1 Å². The van der Waals surface area contributed by atoms with Gasteiger partial charge in [-0.1, -0.05) is 35.0 Å². The van der Waals surface area contributed by atoms with E-state index < -0.39 is 0 Å². The topological polar surface area (TPSA) is 29.3 Å². The molecule has 0 amide bonds. The van der Waals surface area contributed by atoms with Crippen LogP contribution in [0.3, 0.4) is 0 Å². The van der Waals surface area contributed by atoms with Crippen LogP contribution >= 0.6 is 11.6 Å². The quantitative estimate of drug-likeness (QED) is 0.834. The average Bonchev–Trinajstić information content (AvgIpc) is 2.67. The van der Waals surface area contributed by atoms with Gasteiger partial charge in [-0.05, 0) is 25.6 Å². The Morgan fingerprint density at radius 1 is 1.29 bits per heavy atom. The molecule has 17 heavy (non-hydrogen) atoms. The highest BCUT2D eigenvalue weighted by Gasteiger charge is 2.07. The van der Waals surface area contributed by atoms with Gasteiger partial charge in [-0.3, -0.25) is 4.90 Å². The average molecular weight is 251 g/mol. The minimum Gasteiger partial charge on any atom is -0.360 e. The number of hydrogen-bond donors (Lipinski definition) is 0. The largest absolute Gasteiger partial charge is 0.360 e. The first kappa shape index (κ1) is 12.1. The predicted molar refractivity (Wildman–Crippen MR) is 67.9 cm³/mol. The summed E-state index contributed by atoms with van der Waals surface area (Å²) in [4.78, 5) is 2.14. The van der Waals surface area contributed by atoms with Crippen LogP contribution in [-0.2, 0) is 13.1 Å². The fourth-order valence-corrected chi connectivity index (χ4v) is 1.93. The molecule has 0 saturated heterocycles. The van der Waals surface area contributed by atoms with Crippen molar-refractivity contribution in [2.24, 2.45) is 0 Å². The Kier molecular flexibility index (Phi) is 3.82. The molecule has 1 heterocycles. The molecule has 0 N–H and O–H groups in total. The third-order valence-corrected chi connectivity index (χ3v) is 2.87. The first-order valence-electron chi connectivity index (χ1n) is 5.49. The summed E-state index contributed by atoms with van der Waals surface area (Å²) in [5.74, 6) is 0.872. The van der Waals surface area contributed by atoms with Gasteiger partial charge in [-0.25, -0.2) is 0 Å². The highest BCUT2D eigenvalue weighted by Crippen LogP contribution is 2.17. The van der Waals surface area contributed by atoms with Crippen LogP contribution < -0.4 is 0 Å². The number of benzene rings is 1. The van der Waals surface area contributed by atoms with Crippen molar-refractivity contribution in [1.82, 2.24) is 10.1 Å². The van der Waals surface area contributed by atoms with Crippen LogP contribution in [0.2, 0.25) is 5.02 Å². The summed E-state index contributed by atoms with van der Waals surface area (Å²) >= 11 is 6.11. The SMILES string of the molecule is Cc1cc(CN(C)Cc2ccccc2Cl)on1. The molecule has 1 aromatic heterocycles. The monoisotopic (exact) mass is 250 g/mol. The molecule has 2 aromatic rings. The zero-order valence-electron chi connectivity index (χ0n) is 9.98. The van der Waals surface area contributed by atoms with Gasteiger partial charge in [0, 0.05) is 17.6 Å². The summed E-state index contributed by atoms with van der Waals surface area (Å²) in [7, 11) is 2.03. The maximum Gasteiger partial charge on any atom is 0.150 e. The van der Waals surface area contributed by atoms with Crippen molar-refractivity contribution in [3.05, 3.63) is 52.4 Å². The second-order valence-electron chi connectivity index (χ2n) is 4.20. The van der Waals surface area contributed by atoms with E-state index in [0.717, 1.165) is 35.1 Å². The van der Waals surface area contributed by atoms with Crippen LogP contribution in [0.1, 0.15) is 17.0 Å². The molecule has 0 radical (unpaired) electrons. The van der Waals surface area contributed by atoms with E-state index in [-0.39, 0.29) is 0 Å². The van der Waals surface area contributed by atoms with E-state index in [1.165, 1.54) is 0 Å². The maximum absolute atomic E-state index is 6.11. The highest BCUT2D eigenvalue weighted by atomic mass is 35.5. The standard InChI is InChI=1S/C13H15ClN2O/c1-10-7-12(17-15-10)9-16(2)8-11-5-3-4-6-13(11)14/h3-7H,8-9H2,1-2H3. The van der Waals surface area contributed by atoms with Crippen molar-refractivity contribution in [3.8, 4) is 0 Å². The molecule has 0 aliphatic heterocycles. The van der Waals surface area contributed by atoms with Crippen molar-refractivity contribution >= 4 is 11.6 Å². The summed E-state index contributed by atoms with van der Waals surface area (Å²) in [5, 5.41) is 4.67. The van der Waals surface area contributed by atoms with Crippen LogP contribution in [0.25, 0.3) is 0 Å². The Morgan fingerprint density at radius 2 is 2.06 bits per heavy atom. The Bertz CT molecular complexity index is 496. The van der Waals surface area contributed by atoms with Crippen molar-refractivity contribution in [2.75, 3.05) is 7.05 Å². The van der Waals surface area contributed by atoms with Crippen LogP contribution in [0.5, 0.6) is 0 Å². The van der Waals surface area contributed by atoms with Gasteiger partial charge < -0.3 is 4.52 Å². The van der Waals surface area contributed by atoms with E-state index in [1.807, 2.05) is 44.3 Å². The Balaban J connectivity index is 1.98. The zero-order valence-corrected chi connectivity index (χ0v) is 10.7. The number of aromatic nitrogens is 1. The van der Waals surface area contributed by atoms with Crippen LogP contribution in [0.4, 0.5) is 0 Å². The van der Waals surface area contributed by atoms with Crippen molar-refractivity contribution in [1.29, 1.82) is 0 Å². The molecule has 90 valence electrons. The van der Waals surface area contributed by atoms with E-state index in [4.69, 9.17) is 16.1 Å². The number of hydrogen-bond acceptors (Lipinski definition) is 3. The third-order valence-electron chi connectivity index (χ3n) is 2.50. The summed E-state index contributed by atoms with van der Waals surface area (Å²) in [5.41, 5.74) is 2.03. The number of aryl methyl sites for hydroxylation is 1. The first-order valence-corrected chi connectivity index (χ1v) is 5.87. The molecule has 0 atom stereocenters. The Labute approximate surface area is 106 Å². The predicted octanol–water partition coefficient (Wildman–Crippen LogP) is 3.27. The second kappa shape index (κ2) is 5.34. The smallest absolute Gasteiger partial charge is 0.150 e. The molecular formula is C13H15ClN2O. The minimum atomic E-state index is 0.728. The first-order chi connectivity index (χ1) is 8.15. The summed E-state index contributed by atoms with van der Waals surface area (Å²) in [6.07, 6.45) is 0. The molecule has 4 heteroatoms. The molecule has 0 spiro atoms. The van der Waals surface area contributed by atoms with E-state index in [1.54, 1.807) is 0 Å². The van der Waals surface area contributed by atoms with Crippen LogP contribution in [0.15, 0.2) is 34.9 Å². The highest BCUT2D eigenvalue weighted by molar-refractivity contribution is 6.31. The molecular weight excluding hydrogens is 236 g/mol. The lowest BCUT2D eigenvalue weighted by molar-refractivity contribution is 0.266. The molecule has 2 rings (SSSR count). The lowest BCUT2D eigenvalue weighted by atomic mass is 10.2. The van der Waals surface area contributed by atoms with Gasteiger partial charge in [-0.15, -0.1) is 0 Å². The molecule has 0 aliphatic rings. The minimum absolute atomic E-state index is 0.728. The van der Waals surface area contributed by atoms with Gasteiger partial charge in [0.1, 0.15) is 0 Å². The fourth-order valence-electron chi connectivity index (χ4n) is 1.73. The van der Waals surface area contributed by atoms with Gasteiger partial charge in [0.05, 0.1) is 12.2 Å². The van der Waals surface area contributed by atoms with Gasteiger partial charge in [0.25, 0.3) is 0 Å². The van der Waals surface area contributed by atoms with Gasteiger partial charge in [0.2, 0.25) is 0 Å². The summed E-state index contributed by atoms with van der Waals surface area (Å²) < 4.78 is 5.18. The van der Waals surface area contributed by atoms with E-state index >= 15 is 0 Å². The summed E-state index contributed by atoms with van der Waals surface area (Å²) in [6.45, 7) is 3.44. The Hall–Kier alpha value is -1.32. The molecule has 0 unspecified atom stereocenters. The Morgan fingerprint density at radius 3 is 2.71 bits per heavy atom. The van der Waals surface area contributed by atoms with Gasteiger partial charge in [0.15, 0.2) is 5.76 Å². The second-order valence-corrected chi connectivity index (χ2v) is 4.61. The molecule has 0 bridgehead atoms. The van der Waals surface area contributed by atoms with Crippen LogP contribution in [0, 0.1) is 6.92 Å². The lowest BCUT2D eigenvalue weighted by Gasteiger charge is -2.15. The summed E-state index contributed by atoms with van der Waals surface area (Å²) in [6, 6.07) is 9.82. The molecule has 1 aromatic carbocycles. The fraction of sp³-hybridized carbons (Fsp3) is 0.308. The molecule has 3 nitrogen and oxygen atoms in total. The zero-order chi connectivity index (χ0) is 12.3. The van der Waals surface area contributed by atoms with Crippen molar-refractivity contribution in [3.63, 3.8) is 0 Å². The van der Waals surface area contributed by atoms with E-state index in [9.17, 15) is 0 Å². The lowest BCUT2D eigenvalue weighted by Crippen LogP contribution is -2.17. The number of rotatable bonds is 4. The maximum atomic E-state index is 6.11. The number of nitrogens with zero attached hydrogens (tertiary/aromatic N) is 2. The van der Waals surface area contributed by atoms with E-state index in [0.29, 0.717) is 0 Å². The molecule has 0 aliphatic carbocycles. The van der Waals surface area contributed by atoms with Gasteiger partial charge in [-0.2, -0.15) is 0 Å². The third kappa shape index (κ3) is 3.32. The van der Waals surface area contributed by atoms with Crippen molar-refractivity contribution in [2.45, 2.75) is 20.0 Å². The molecule has 0 fully saturated rings. The van der Waals surface area contributed by atoms with Crippen molar-refractivity contribution < 1.29 is 4.52 Å². The molecule has 0 saturated carbocycles. The van der Waals surface area contributed by atoms with E-state index in [2.05, 4.69) is 10.1 Å². The normalized spacial score (nSPS) is 11.1.